The molecule has 0 aliphatic rings. The molecule has 3 rings (SSSR count). The van der Waals surface area contributed by atoms with Crippen molar-refractivity contribution in [3.63, 3.8) is 0 Å². The third kappa shape index (κ3) is 6.69. The molecule has 1 aromatic heterocycles. The first-order valence-electron chi connectivity index (χ1n) is 12.5. The summed E-state index contributed by atoms with van der Waals surface area (Å²) in [6.45, 7) is 15.7. The molecule has 0 N–H and O–H groups in total. The molecule has 0 fully saturated rings. The van der Waals surface area contributed by atoms with Gasteiger partial charge in [-0.25, -0.2) is 9.78 Å². The largest absolute Gasteiger partial charge is 0.490 e. The normalized spacial score (nSPS) is 12.5. The van der Waals surface area contributed by atoms with Gasteiger partial charge >= 0.3 is 5.97 Å². The molecule has 0 aliphatic heterocycles. The third-order valence-electron chi connectivity index (χ3n) is 5.53. The number of ether oxygens (including phenoxy) is 3. The first kappa shape index (κ1) is 29.1. The Balaban J connectivity index is 2.14. The fraction of sp³-hybridized carbons (Fsp3) is 0.379. The highest BCUT2D eigenvalue weighted by Crippen LogP contribution is 2.34. The monoisotopic (exact) mass is 583 g/mol. The summed E-state index contributed by atoms with van der Waals surface area (Å²) in [4.78, 5) is 30.4. The summed E-state index contributed by atoms with van der Waals surface area (Å²) in [6, 6.07) is 9.05. The van der Waals surface area contributed by atoms with Crippen LogP contribution in [-0.4, -0.2) is 41.2 Å². The topological polar surface area (TPSA) is 92.0 Å². The van der Waals surface area contributed by atoms with Gasteiger partial charge in [0.2, 0.25) is 0 Å². The number of halogens is 1. The molecule has 1 heterocycles. The second-order valence-corrected chi connectivity index (χ2v) is 10.6. The van der Waals surface area contributed by atoms with Gasteiger partial charge in [-0.3, -0.25) is 4.79 Å². The maximum absolute atomic E-state index is 13.5. The van der Waals surface area contributed by atoms with Crippen molar-refractivity contribution < 1.29 is 19.0 Å². The highest BCUT2D eigenvalue weighted by molar-refractivity contribution is 9.10. The van der Waals surface area contributed by atoms with Gasteiger partial charge in [-0.15, -0.1) is 6.58 Å². The van der Waals surface area contributed by atoms with Crippen LogP contribution in [0.1, 0.15) is 58.5 Å². The van der Waals surface area contributed by atoms with E-state index < -0.39 is 17.5 Å². The summed E-state index contributed by atoms with van der Waals surface area (Å²) >= 11 is 3.43. The predicted molar refractivity (Wildman–Crippen MR) is 154 cm³/mol. The van der Waals surface area contributed by atoms with Gasteiger partial charge in [0.1, 0.15) is 5.82 Å². The zero-order valence-corrected chi connectivity index (χ0v) is 24.3. The van der Waals surface area contributed by atoms with Crippen molar-refractivity contribution >= 4 is 39.0 Å². The fourth-order valence-electron chi connectivity index (χ4n) is 3.81. The average molecular weight is 585 g/mol. The Morgan fingerprint density at radius 1 is 1.21 bits per heavy atom. The van der Waals surface area contributed by atoms with Crippen LogP contribution in [0.4, 0.5) is 0 Å². The minimum Gasteiger partial charge on any atom is -0.490 e. The zero-order valence-electron chi connectivity index (χ0n) is 22.7. The standard InChI is InChI=1S/C29H34BrN3O5/c1-8-11-20-14-19(15-24(36-9-2)25(20)38-18(4)27(35)37-10-3)17-31-33-26(34)22-16-21(30)12-13-23(22)32-28(33)29(5,6)7/h8,12-18H,1,9-11H2,2-7H3/t18-/m0/s1. The molecule has 0 aliphatic carbocycles. The smallest absolute Gasteiger partial charge is 0.347 e. The Hall–Kier alpha value is -3.46. The van der Waals surface area contributed by atoms with E-state index in [-0.39, 0.29) is 12.2 Å². The Kier molecular flexibility index (Phi) is 9.49. The molecule has 0 radical (unpaired) electrons. The summed E-state index contributed by atoms with van der Waals surface area (Å²) in [6.07, 6.45) is 2.97. The van der Waals surface area contributed by atoms with Crippen LogP contribution in [0.5, 0.6) is 11.5 Å². The van der Waals surface area contributed by atoms with Crippen molar-refractivity contribution in [1.82, 2.24) is 9.66 Å². The number of carbonyl (C=O) groups is 1. The van der Waals surface area contributed by atoms with Crippen molar-refractivity contribution in [3.05, 3.63) is 74.8 Å². The van der Waals surface area contributed by atoms with E-state index in [1.165, 1.54) is 4.68 Å². The van der Waals surface area contributed by atoms with Crippen LogP contribution in [0.15, 0.2) is 57.4 Å². The predicted octanol–water partition coefficient (Wildman–Crippen LogP) is 5.80. The number of esters is 1. The lowest BCUT2D eigenvalue weighted by Crippen LogP contribution is -2.29. The number of rotatable bonds is 10. The minimum atomic E-state index is -0.826. The van der Waals surface area contributed by atoms with E-state index in [4.69, 9.17) is 19.2 Å². The third-order valence-corrected chi connectivity index (χ3v) is 6.03. The molecule has 8 nitrogen and oxygen atoms in total. The lowest BCUT2D eigenvalue weighted by molar-refractivity contribution is -0.150. The lowest BCUT2D eigenvalue weighted by atomic mass is 9.95. The average Bonchev–Trinajstić information content (AvgIpc) is 2.85. The van der Waals surface area contributed by atoms with Gasteiger partial charge in [-0.1, -0.05) is 42.8 Å². The van der Waals surface area contributed by atoms with E-state index >= 15 is 0 Å². The molecule has 0 saturated carbocycles. The summed E-state index contributed by atoms with van der Waals surface area (Å²) in [7, 11) is 0. The van der Waals surface area contributed by atoms with Gasteiger partial charge in [0.25, 0.3) is 5.56 Å². The second-order valence-electron chi connectivity index (χ2n) is 9.65. The Labute approximate surface area is 231 Å². The van der Waals surface area contributed by atoms with Gasteiger partial charge in [0, 0.05) is 15.5 Å². The molecule has 202 valence electrons. The number of benzene rings is 2. The zero-order chi connectivity index (χ0) is 28.0. The lowest BCUT2D eigenvalue weighted by Gasteiger charge is -2.21. The Morgan fingerprint density at radius 2 is 1.95 bits per heavy atom. The molecule has 0 saturated heterocycles. The van der Waals surface area contributed by atoms with Gasteiger partial charge in [0.05, 0.1) is 30.3 Å². The molecular formula is C29H34BrN3O5. The molecule has 0 amide bonds. The molecule has 1 atom stereocenters. The highest BCUT2D eigenvalue weighted by Gasteiger charge is 2.24. The van der Waals surface area contributed by atoms with Crippen LogP contribution in [0.3, 0.4) is 0 Å². The number of fused-ring (bicyclic) bond motifs is 1. The molecule has 3 aromatic rings. The molecule has 2 aromatic carbocycles. The van der Waals surface area contributed by atoms with Crippen molar-refractivity contribution in [3.8, 4) is 11.5 Å². The first-order chi connectivity index (χ1) is 18.0. The van der Waals surface area contributed by atoms with E-state index in [0.717, 1.165) is 10.0 Å². The van der Waals surface area contributed by atoms with E-state index in [0.29, 0.717) is 46.8 Å². The number of hydrogen-bond acceptors (Lipinski definition) is 7. The van der Waals surface area contributed by atoms with E-state index in [9.17, 15) is 9.59 Å². The maximum Gasteiger partial charge on any atom is 0.347 e. The molecule has 0 spiro atoms. The molecule has 38 heavy (non-hydrogen) atoms. The highest BCUT2D eigenvalue weighted by atomic mass is 79.9. The van der Waals surface area contributed by atoms with Crippen LogP contribution in [0.2, 0.25) is 0 Å². The van der Waals surface area contributed by atoms with Gasteiger partial charge in [-0.05, 0) is 63.1 Å². The number of allylic oxidation sites excluding steroid dienone is 1. The maximum atomic E-state index is 13.5. The molecule has 0 unspecified atom stereocenters. The van der Waals surface area contributed by atoms with Crippen molar-refractivity contribution in [2.45, 2.75) is 59.5 Å². The number of hydrogen-bond donors (Lipinski definition) is 0. The summed E-state index contributed by atoms with van der Waals surface area (Å²) in [5.74, 6) is 0.963. The van der Waals surface area contributed by atoms with E-state index in [2.05, 4.69) is 27.6 Å². The van der Waals surface area contributed by atoms with Crippen LogP contribution in [0.25, 0.3) is 10.9 Å². The number of nitrogens with zero attached hydrogens (tertiary/aromatic N) is 3. The van der Waals surface area contributed by atoms with Crippen LogP contribution < -0.4 is 15.0 Å². The molecule has 0 bridgehead atoms. The molecular weight excluding hydrogens is 550 g/mol. The van der Waals surface area contributed by atoms with Crippen LogP contribution >= 0.6 is 15.9 Å². The summed E-state index contributed by atoms with van der Waals surface area (Å²) in [5, 5.41) is 5.03. The second kappa shape index (κ2) is 12.4. The van der Waals surface area contributed by atoms with E-state index in [1.54, 1.807) is 38.3 Å². The van der Waals surface area contributed by atoms with Crippen molar-refractivity contribution in [1.29, 1.82) is 0 Å². The SMILES string of the molecule is C=CCc1cc(C=Nn2c(C(C)(C)C)nc3ccc(Br)cc3c2=O)cc(OCC)c1O[C@@H](C)C(=O)OCC. The minimum absolute atomic E-state index is 0.260. The van der Waals surface area contributed by atoms with Crippen LogP contribution in [0, 0.1) is 0 Å². The van der Waals surface area contributed by atoms with Crippen molar-refractivity contribution in [2.75, 3.05) is 13.2 Å². The number of carbonyl (C=O) groups excluding carboxylic acids is 1. The molecule has 9 heteroatoms. The van der Waals surface area contributed by atoms with Crippen molar-refractivity contribution in [2.24, 2.45) is 5.10 Å². The Bertz CT molecular complexity index is 1420. The quantitative estimate of drug-likeness (QED) is 0.170. The summed E-state index contributed by atoms with van der Waals surface area (Å²) in [5.41, 5.74) is 1.34. The number of aromatic nitrogens is 2. The van der Waals surface area contributed by atoms with Gasteiger partial charge < -0.3 is 14.2 Å². The van der Waals surface area contributed by atoms with E-state index in [1.807, 2.05) is 45.9 Å². The Morgan fingerprint density at radius 3 is 2.58 bits per heavy atom. The van der Waals surface area contributed by atoms with Gasteiger partial charge in [-0.2, -0.15) is 9.78 Å². The summed E-state index contributed by atoms with van der Waals surface area (Å²) < 4.78 is 19.1. The van der Waals surface area contributed by atoms with Gasteiger partial charge in [0.15, 0.2) is 17.6 Å². The fourth-order valence-corrected chi connectivity index (χ4v) is 4.17. The van der Waals surface area contributed by atoms with Crippen LogP contribution in [-0.2, 0) is 21.4 Å². The first-order valence-corrected chi connectivity index (χ1v) is 13.3.